The van der Waals surface area contributed by atoms with Gasteiger partial charge in [0.2, 0.25) is 0 Å². The molecule has 0 bridgehead atoms. The number of hydrogen-bond acceptors (Lipinski definition) is 3. The van der Waals surface area contributed by atoms with E-state index in [-0.39, 0.29) is 6.04 Å². The highest BCUT2D eigenvalue weighted by atomic mass is 15.5. The lowest BCUT2D eigenvalue weighted by Crippen LogP contribution is -2.38. The van der Waals surface area contributed by atoms with Crippen molar-refractivity contribution in [1.82, 2.24) is 10.4 Å². The average Bonchev–Trinajstić information content (AvgIpc) is 1.86. The van der Waals surface area contributed by atoms with E-state index >= 15 is 0 Å². The molecule has 0 saturated heterocycles. The first kappa shape index (κ1) is 9.41. The van der Waals surface area contributed by atoms with Crippen LogP contribution in [0.25, 0.3) is 0 Å². The maximum absolute atomic E-state index is 8.57. The van der Waals surface area contributed by atoms with Gasteiger partial charge < -0.3 is 0 Å². The van der Waals surface area contributed by atoms with Crippen molar-refractivity contribution < 1.29 is 0 Å². The third-order valence-corrected chi connectivity index (χ3v) is 1.15. The summed E-state index contributed by atoms with van der Waals surface area (Å²) in [7, 11) is 3.78. The predicted molar refractivity (Wildman–Crippen MR) is 41.1 cm³/mol. The molecule has 58 valence electrons. The zero-order valence-electron chi connectivity index (χ0n) is 6.89. The van der Waals surface area contributed by atoms with Gasteiger partial charge in [0.1, 0.15) is 6.04 Å². The van der Waals surface area contributed by atoms with Crippen LogP contribution in [0.1, 0.15) is 19.8 Å². The summed E-state index contributed by atoms with van der Waals surface area (Å²) in [5.41, 5.74) is 3.00. The Balaban J connectivity index is 3.52. The SMILES string of the molecule is CCCC(C#N)NN(C)C. The average molecular weight is 141 g/mol. The Bertz CT molecular complexity index is 115. The second-order valence-electron chi connectivity index (χ2n) is 2.49. The van der Waals surface area contributed by atoms with Gasteiger partial charge in [-0.05, 0) is 6.42 Å². The molecule has 0 radical (unpaired) electrons. The molecule has 1 atom stereocenters. The summed E-state index contributed by atoms with van der Waals surface area (Å²) in [6.07, 6.45) is 1.95. The van der Waals surface area contributed by atoms with E-state index in [1.54, 1.807) is 0 Å². The highest BCUT2D eigenvalue weighted by Crippen LogP contribution is 1.93. The Morgan fingerprint density at radius 3 is 2.50 bits per heavy atom. The lowest BCUT2D eigenvalue weighted by atomic mass is 10.2. The molecule has 0 rings (SSSR count). The van der Waals surface area contributed by atoms with E-state index in [2.05, 4.69) is 18.4 Å². The Hall–Kier alpha value is -0.590. The van der Waals surface area contributed by atoms with Gasteiger partial charge in [-0.1, -0.05) is 13.3 Å². The number of rotatable bonds is 4. The molecule has 0 aromatic carbocycles. The Labute approximate surface area is 62.6 Å². The minimum absolute atomic E-state index is 0.0278. The van der Waals surface area contributed by atoms with Crippen LogP contribution in [0.5, 0.6) is 0 Å². The van der Waals surface area contributed by atoms with Gasteiger partial charge in [-0.25, -0.2) is 10.4 Å². The second kappa shape index (κ2) is 5.21. The molecule has 1 unspecified atom stereocenters. The normalized spacial score (nSPS) is 13.1. The lowest BCUT2D eigenvalue weighted by Gasteiger charge is -2.15. The van der Waals surface area contributed by atoms with Crippen molar-refractivity contribution in [2.24, 2.45) is 0 Å². The molecule has 0 spiro atoms. The first-order chi connectivity index (χ1) is 4.70. The van der Waals surface area contributed by atoms with Crippen LogP contribution >= 0.6 is 0 Å². The standard InChI is InChI=1S/C7H15N3/c1-4-5-7(6-8)9-10(2)3/h7,9H,4-5H2,1-3H3. The molecule has 0 amide bonds. The van der Waals surface area contributed by atoms with Crippen molar-refractivity contribution in [2.45, 2.75) is 25.8 Å². The maximum Gasteiger partial charge on any atom is 0.108 e. The molecule has 1 N–H and O–H groups in total. The summed E-state index contributed by atoms with van der Waals surface area (Å²) < 4.78 is 0. The fraction of sp³-hybridized carbons (Fsp3) is 0.857. The smallest absolute Gasteiger partial charge is 0.108 e. The van der Waals surface area contributed by atoms with Crippen molar-refractivity contribution in [1.29, 1.82) is 5.26 Å². The molecule has 0 aliphatic carbocycles. The summed E-state index contributed by atoms with van der Waals surface area (Å²) in [5, 5.41) is 10.4. The van der Waals surface area contributed by atoms with Crippen LogP contribution in [0.2, 0.25) is 0 Å². The third kappa shape index (κ3) is 4.30. The minimum Gasteiger partial charge on any atom is -0.249 e. The zero-order chi connectivity index (χ0) is 7.98. The number of nitriles is 1. The molecule has 0 fully saturated rings. The Morgan fingerprint density at radius 1 is 1.60 bits per heavy atom. The Kier molecular flexibility index (Phi) is 4.91. The summed E-state index contributed by atoms with van der Waals surface area (Å²) in [4.78, 5) is 0. The van der Waals surface area contributed by atoms with Crippen LogP contribution in [0, 0.1) is 11.3 Å². The van der Waals surface area contributed by atoms with Gasteiger partial charge in [-0.2, -0.15) is 5.26 Å². The van der Waals surface area contributed by atoms with E-state index in [4.69, 9.17) is 5.26 Å². The van der Waals surface area contributed by atoms with Crippen molar-refractivity contribution in [2.75, 3.05) is 14.1 Å². The quantitative estimate of drug-likeness (QED) is 0.587. The molecular formula is C7H15N3. The van der Waals surface area contributed by atoms with Gasteiger partial charge in [0, 0.05) is 14.1 Å². The molecule has 3 heteroatoms. The van der Waals surface area contributed by atoms with E-state index in [1.807, 2.05) is 19.1 Å². The van der Waals surface area contributed by atoms with Gasteiger partial charge in [-0.15, -0.1) is 0 Å². The topological polar surface area (TPSA) is 39.1 Å². The molecule has 0 saturated carbocycles. The minimum atomic E-state index is -0.0278. The lowest BCUT2D eigenvalue weighted by molar-refractivity contribution is 0.260. The van der Waals surface area contributed by atoms with Crippen LogP contribution in [0.15, 0.2) is 0 Å². The molecule has 0 aliphatic heterocycles. The van der Waals surface area contributed by atoms with Gasteiger partial charge in [-0.3, -0.25) is 0 Å². The van der Waals surface area contributed by atoms with Crippen LogP contribution in [0.3, 0.4) is 0 Å². The van der Waals surface area contributed by atoms with E-state index in [1.165, 1.54) is 0 Å². The number of nitrogens with zero attached hydrogens (tertiary/aromatic N) is 2. The summed E-state index contributed by atoms with van der Waals surface area (Å²) in [6, 6.07) is 2.15. The monoisotopic (exact) mass is 141 g/mol. The number of hydrogen-bond donors (Lipinski definition) is 1. The van der Waals surface area contributed by atoms with Gasteiger partial charge in [0.05, 0.1) is 6.07 Å². The van der Waals surface area contributed by atoms with Crippen LogP contribution in [-0.4, -0.2) is 25.1 Å². The first-order valence-corrected chi connectivity index (χ1v) is 3.53. The van der Waals surface area contributed by atoms with Gasteiger partial charge in [0.15, 0.2) is 0 Å². The second-order valence-corrected chi connectivity index (χ2v) is 2.49. The van der Waals surface area contributed by atoms with Crippen LogP contribution in [0.4, 0.5) is 0 Å². The zero-order valence-corrected chi connectivity index (χ0v) is 6.89. The molecule has 0 heterocycles. The largest absolute Gasteiger partial charge is 0.249 e. The fourth-order valence-electron chi connectivity index (χ4n) is 0.758. The van der Waals surface area contributed by atoms with E-state index in [0.717, 1.165) is 12.8 Å². The van der Waals surface area contributed by atoms with E-state index < -0.39 is 0 Å². The third-order valence-electron chi connectivity index (χ3n) is 1.15. The molecule has 3 nitrogen and oxygen atoms in total. The number of hydrazine groups is 1. The van der Waals surface area contributed by atoms with E-state index in [0.29, 0.717) is 0 Å². The Morgan fingerprint density at radius 2 is 2.20 bits per heavy atom. The highest BCUT2D eigenvalue weighted by molar-refractivity contribution is 4.87. The summed E-state index contributed by atoms with van der Waals surface area (Å²) in [5.74, 6) is 0. The van der Waals surface area contributed by atoms with Gasteiger partial charge in [0.25, 0.3) is 0 Å². The van der Waals surface area contributed by atoms with Crippen molar-refractivity contribution in [3.63, 3.8) is 0 Å². The summed E-state index contributed by atoms with van der Waals surface area (Å²) >= 11 is 0. The van der Waals surface area contributed by atoms with Crippen molar-refractivity contribution >= 4 is 0 Å². The molecular weight excluding hydrogens is 126 g/mol. The summed E-state index contributed by atoms with van der Waals surface area (Å²) in [6.45, 7) is 2.07. The maximum atomic E-state index is 8.57. The van der Waals surface area contributed by atoms with Gasteiger partial charge >= 0.3 is 0 Å². The number of nitrogens with one attached hydrogen (secondary N) is 1. The molecule has 0 aromatic rings. The van der Waals surface area contributed by atoms with Crippen LogP contribution < -0.4 is 5.43 Å². The fourth-order valence-corrected chi connectivity index (χ4v) is 0.758. The molecule has 0 aromatic heterocycles. The molecule has 0 aliphatic rings. The predicted octanol–water partition coefficient (Wildman–Crippen LogP) is 0.745. The first-order valence-electron chi connectivity index (χ1n) is 3.53. The van der Waals surface area contributed by atoms with E-state index in [9.17, 15) is 0 Å². The molecule has 10 heavy (non-hydrogen) atoms. The van der Waals surface area contributed by atoms with Crippen molar-refractivity contribution in [3.05, 3.63) is 0 Å². The highest BCUT2D eigenvalue weighted by Gasteiger charge is 2.04. The van der Waals surface area contributed by atoms with Crippen LogP contribution in [-0.2, 0) is 0 Å². The van der Waals surface area contributed by atoms with Crippen molar-refractivity contribution in [3.8, 4) is 6.07 Å².